The molecule has 1 heterocycles. The Kier molecular flexibility index (Phi) is 3.94. The Morgan fingerprint density at radius 3 is 2.38 bits per heavy atom. The van der Waals surface area contributed by atoms with Crippen LogP contribution < -0.4 is 0 Å². The minimum atomic E-state index is -4.26. The highest BCUT2D eigenvalue weighted by molar-refractivity contribution is 7.92. The molecule has 0 bridgehead atoms. The van der Waals surface area contributed by atoms with E-state index in [1.54, 1.807) is 0 Å². The van der Waals surface area contributed by atoms with E-state index in [-0.39, 0.29) is 16.0 Å². The lowest BCUT2D eigenvalue weighted by atomic mass is 9.96. The molecule has 2 aromatic carbocycles. The van der Waals surface area contributed by atoms with E-state index in [2.05, 4.69) is 0 Å². The molecule has 0 saturated heterocycles. The van der Waals surface area contributed by atoms with Crippen LogP contribution in [0, 0.1) is 24.4 Å². The summed E-state index contributed by atoms with van der Waals surface area (Å²) in [5.41, 5.74) is -1.37. The van der Waals surface area contributed by atoms with Crippen LogP contribution in [0.3, 0.4) is 0 Å². The molecule has 3 rings (SSSR count). The number of rotatable bonds is 2. The third kappa shape index (κ3) is 2.25. The first-order chi connectivity index (χ1) is 11.2. The highest BCUT2D eigenvalue weighted by Gasteiger charge is 2.50. The lowest BCUT2D eigenvalue weighted by Crippen LogP contribution is -2.30. The first-order valence-corrected chi connectivity index (χ1v) is 8.55. The van der Waals surface area contributed by atoms with Gasteiger partial charge in [0.1, 0.15) is 23.3 Å². The summed E-state index contributed by atoms with van der Waals surface area (Å²) < 4.78 is 66.9. The van der Waals surface area contributed by atoms with Crippen LogP contribution in [0.25, 0.3) is 0 Å². The zero-order chi connectivity index (χ0) is 17.8. The van der Waals surface area contributed by atoms with Crippen LogP contribution in [-0.2, 0) is 9.84 Å². The average Bonchev–Trinajstić information content (AvgIpc) is 2.73. The Bertz CT molecular complexity index is 901. The first kappa shape index (κ1) is 16.9. The zero-order valence-electron chi connectivity index (χ0n) is 12.4. The number of fused-ring (bicyclic) bond motifs is 1. The van der Waals surface area contributed by atoms with Crippen molar-refractivity contribution in [1.82, 2.24) is 0 Å². The molecule has 0 aliphatic carbocycles. The number of hydrogen-bond donors (Lipinski definition) is 2. The maximum Gasteiger partial charge on any atom is 0.187 e. The van der Waals surface area contributed by atoms with Crippen LogP contribution in [-0.4, -0.2) is 23.9 Å². The Morgan fingerprint density at radius 2 is 1.75 bits per heavy atom. The largest absolute Gasteiger partial charge is 0.387 e. The van der Waals surface area contributed by atoms with Gasteiger partial charge in [-0.1, -0.05) is 18.2 Å². The topological polar surface area (TPSA) is 74.6 Å². The molecule has 24 heavy (non-hydrogen) atoms. The zero-order valence-corrected chi connectivity index (χ0v) is 13.2. The fraction of sp³-hybridized carbons (Fsp3) is 0.250. The maximum atomic E-state index is 14.2. The van der Waals surface area contributed by atoms with Crippen molar-refractivity contribution < 1.29 is 31.8 Å². The van der Waals surface area contributed by atoms with Crippen molar-refractivity contribution in [2.24, 2.45) is 0 Å². The molecule has 0 spiro atoms. The second kappa shape index (κ2) is 5.58. The molecule has 128 valence electrons. The van der Waals surface area contributed by atoms with Crippen molar-refractivity contribution in [1.29, 1.82) is 0 Å². The summed E-state index contributed by atoms with van der Waals surface area (Å²) in [6.45, 7) is 1.16. The Balaban J connectivity index is 2.18. The number of aliphatic hydroxyl groups excluding tert-OH is 2. The Labute approximate surface area is 136 Å². The molecule has 3 unspecified atom stereocenters. The van der Waals surface area contributed by atoms with E-state index in [1.165, 1.54) is 24.3 Å². The van der Waals surface area contributed by atoms with Crippen molar-refractivity contribution in [2.75, 3.05) is 0 Å². The van der Waals surface area contributed by atoms with Crippen molar-refractivity contribution in [3.63, 3.8) is 0 Å². The van der Waals surface area contributed by atoms with Crippen molar-refractivity contribution in [3.8, 4) is 0 Å². The lowest BCUT2D eigenvalue weighted by Gasteiger charge is -2.22. The maximum absolute atomic E-state index is 14.2. The van der Waals surface area contributed by atoms with Gasteiger partial charge in [-0.05, 0) is 24.6 Å². The summed E-state index contributed by atoms with van der Waals surface area (Å²) in [5.74, 6) is -4.34. The van der Waals surface area contributed by atoms with Crippen molar-refractivity contribution >= 4 is 9.84 Å². The van der Waals surface area contributed by atoms with Gasteiger partial charge in [-0.25, -0.2) is 21.6 Å². The van der Waals surface area contributed by atoms with E-state index in [9.17, 15) is 31.8 Å². The van der Waals surface area contributed by atoms with E-state index in [0.29, 0.717) is 6.07 Å². The minimum absolute atomic E-state index is 0.0236. The van der Waals surface area contributed by atoms with Gasteiger partial charge in [0.05, 0.1) is 10.5 Å². The van der Waals surface area contributed by atoms with Gasteiger partial charge in [0.15, 0.2) is 21.5 Å². The molecule has 2 N–H and O–H groups in total. The molecule has 0 radical (unpaired) electrons. The van der Waals surface area contributed by atoms with Crippen molar-refractivity contribution in [2.45, 2.75) is 29.3 Å². The van der Waals surface area contributed by atoms with Gasteiger partial charge in [0.25, 0.3) is 0 Å². The van der Waals surface area contributed by atoms with Crippen LogP contribution >= 0.6 is 0 Å². The van der Waals surface area contributed by atoms with E-state index in [4.69, 9.17) is 0 Å². The standard InChI is InChI=1S/C16H13F3O4S/c1-7-6-9(17)13(19)11(12(7)18)15(21)16-14(20)8-4-2-3-5-10(8)24(16,22)23/h2-6,14-16,20-21H,1H3. The molecule has 8 heteroatoms. The molecule has 0 aromatic heterocycles. The fourth-order valence-electron chi connectivity index (χ4n) is 3.00. The van der Waals surface area contributed by atoms with Gasteiger partial charge in [-0.2, -0.15) is 0 Å². The predicted octanol–water partition coefficient (Wildman–Crippen LogP) is 2.34. The second-order valence-corrected chi connectivity index (χ2v) is 7.73. The van der Waals surface area contributed by atoms with Gasteiger partial charge < -0.3 is 10.2 Å². The molecular weight excluding hydrogens is 345 g/mol. The Morgan fingerprint density at radius 1 is 1.12 bits per heavy atom. The SMILES string of the molecule is Cc1cc(F)c(F)c(C(O)C2C(O)c3ccccc3S2(=O)=O)c1F. The highest BCUT2D eigenvalue weighted by Crippen LogP contribution is 2.45. The molecule has 2 aromatic rings. The van der Waals surface area contributed by atoms with Gasteiger partial charge in [-0.3, -0.25) is 0 Å². The second-order valence-electron chi connectivity index (χ2n) is 5.65. The molecule has 4 nitrogen and oxygen atoms in total. The van der Waals surface area contributed by atoms with Crippen LogP contribution in [0.5, 0.6) is 0 Å². The monoisotopic (exact) mass is 358 g/mol. The molecule has 1 aliphatic rings. The molecule has 0 fully saturated rings. The van der Waals surface area contributed by atoms with Crippen LogP contribution in [0.4, 0.5) is 13.2 Å². The molecule has 1 aliphatic heterocycles. The molecule has 0 saturated carbocycles. The van der Waals surface area contributed by atoms with Gasteiger partial charge in [-0.15, -0.1) is 0 Å². The van der Waals surface area contributed by atoms with Gasteiger partial charge in [0.2, 0.25) is 0 Å². The molecule has 3 atom stereocenters. The van der Waals surface area contributed by atoms with E-state index in [1.807, 2.05) is 0 Å². The summed E-state index contributed by atoms with van der Waals surface area (Å²) in [5, 5.41) is 18.6. The number of benzene rings is 2. The lowest BCUT2D eigenvalue weighted by molar-refractivity contribution is 0.0837. The van der Waals surface area contributed by atoms with Crippen LogP contribution in [0.2, 0.25) is 0 Å². The number of aliphatic hydroxyl groups is 2. The van der Waals surface area contributed by atoms with Crippen LogP contribution in [0.15, 0.2) is 35.2 Å². The Hall–Kier alpha value is -1.90. The van der Waals surface area contributed by atoms with Gasteiger partial charge in [0, 0.05) is 5.56 Å². The number of hydrogen-bond acceptors (Lipinski definition) is 4. The predicted molar refractivity (Wildman–Crippen MR) is 78.4 cm³/mol. The van der Waals surface area contributed by atoms with E-state index in [0.717, 1.165) is 6.92 Å². The van der Waals surface area contributed by atoms with Crippen LogP contribution in [0.1, 0.15) is 28.9 Å². The summed E-state index contributed by atoms with van der Waals surface area (Å²) in [6, 6.07) is 6.08. The first-order valence-electron chi connectivity index (χ1n) is 7.01. The quantitative estimate of drug-likeness (QED) is 0.808. The number of sulfone groups is 1. The molecule has 0 amide bonds. The smallest absolute Gasteiger partial charge is 0.187 e. The third-order valence-corrected chi connectivity index (χ3v) is 6.41. The minimum Gasteiger partial charge on any atom is -0.387 e. The van der Waals surface area contributed by atoms with E-state index < -0.39 is 50.3 Å². The number of halogens is 3. The fourth-order valence-corrected chi connectivity index (χ4v) is 5.04. The summed E-state index contributed by atoms with van der Waals surface area (Å²) in [4.78, 5) is -0.226. The third-order valence-electron chi connectivity index (χ3n) is 4.19. The average molecular weight is 358 g/mol. The normalized spacial score (nSPS) is 23.1. The number of aryl methyl sites for hydroxylation is 1. The highest BCUT2D eigenvalue weighted by atomic mass is 32.2. The molecular formula is C16H13F3O4S. The summed E-state index contributed by atoms with van der Waals surface area (Å²) in [6.07, 6.45) is -3.96. The van der Waals surface area contributed by atoms with Crippen molar-refractivity contribution in [3.05, 3.63) is 64.5 Å². The summed E-state index contributed by atoms with van der Waals surface area (Å²) >= 11 is 0. The van der Waals surface area contributed by atoms with E-state index >= 15 is 0 Å². The summed E-state index contributed by atoms with van der Waals surface area (Å²) in [7, 11) is -4.26. The van der Waals surface area contributed by atoms with Gasteiger partial charge >= 0.3 is 0 Å².